The lowest BCUT2D eigenvalue weighted by atomic mass is 10.1. The number of hydrogen-bond acceptors (Lipinski definition) is 4. The third-order valence-corrected chi connectivity index (χ3v) is 4.13. The zero-order valence-corrected chi connectivity index (χ0v) is 16.1. The number of amides is 2. The Kier molecular flexibility index (Phi) is 10.6. The molecule has 1 rings (SSSR count). The van der Waals surface area contributed by atoms with Crippen molar-refractivity contribution in [3.05, 3.63) is 35.9 Å². The van der Waals surface area contributed by atoms with Gasteiger partial charge in [-0.3, -0.25) is 4.79 Å². The first-order valence-corrected chi connectivity index (χ1v) is 9.48. The number of carboxylic acid groups (broad SMARTS) is 1. The molecule has 0 saturated heterocycles. The van der Waals surface area contributed by atoms with Gasteiger partial charge in [0.05, 0.1) is 0 Å². The van der Waals surface area contributed by atoms with Crippen LogP contribution in [0.15, 0.2) is 30.3 Å². The van der Waals surface area contributed by atoms with Gasteiger partial charge < -0.3 is 20.5 Å². The largest absolute Gasteiger partial charge is 0.480 e. The summed E-state index contributed by atoms with van der Waals surface area (Å²) in [6.45, 7) is 4.03. The van der Waals surface area contributed by atoms with E-state index in [9.17, 15) is 19.5 Å². The molecule has 0 aliphatic heterocycles. The van der Waals surface area contributed by atoms with E-state index in [1.165, 1.54) is 0 Å². The molecule has 0 saturated carbocycles. The molecule has 0 fully saturated rings. The zero-order chi connectivity index (χ0) is 20.1. The molecule has 1 aromatic carbocycles. The van der Waals surface area contributed by atoms with Crippen LogP contribution in [0, 0.1) is 0 Å². The maximum Gasteiger partial charge on any atom is 0.408 e. The normalized spacial score (nSPS) is 12.7. The molecule has 150 valence electrons. The maximum atomic E-state index is 12.5. The number of carbonyl (C=O) groups excluding carboxylic acids is 2. The Morgan fingerprint density at radius 1 is 0.963 bits per heavy atom. The van der Waals surface area contributed by atoms with Gasteiger partial charge in [-0.15, -0.1) is 0 Å². The summed E-state index contributed by atoms with van der Waals surface area (Å²) in [5.41, 5.74) is 0.840. The summed E-state index contributed by atoms with van der Waals surface area (Å²) >= 11 is 0. The van der Waals surface area contributed by atoms with Crippen LogP contribution in [0.3, 0.4) is 0 Å². The number of aliphatic carboxylic acids is 1. The number of unbranched alkanes of at least 4 members (excludes halogenated alkanes) is 2. The minimum atomic E-state index is -1.07. The van der Waals surface area contributed by atoms with Crippen LogP contribution in [0.5, 0.6) is 0 Å². The molecule has 3 N–H and O–H groups in total. The van der Waals surface area contributed by atoms with E-state index < -0.39 is 30.1 Å². The molecule has 7 nitrogen and oxygen atoms in total. The molecule has 7 heteroatoms. The van der Waals surface area contributed by atoms with Crippen LogP contribution in [0.4, 0.5) is 4.79 Å². The average molecular weight is 378 g/mol. The van der Waals surface area contributed by atoms with Gasteiger partial charge in [-0.2, -0.15) is 0 Å². The molecular weight excluding hydrogens is 348 g/mol. The quantitative estimate of drug-likeness (QED) is 0.518. The summed E-state index contributed by atoms with van der Waals surface area (Å²) in [6.07, 6.45) is 3.19. The van der Waals surface area contributed by atoms with Crippen LogP contribution in [0.25, 0.3) is 0 Å². The Morgan fingerprint density at radius 2 is 1.56 bits per heavy atom. The first-order valence-electron chi connectivity index (χ1n) is 9.48. The van der Waals surface area contributed by atoms with E-state index >= 15 is 0 Å². The fraction of sp³-hybridized carbons (Fsp3) is 0.550. The van der Waals surface area contributed by atoms with Crippen molar-refractivity contribution < 1.29 is 24.2 Å². The maximum absolute atomic E-state index is 12.5. The van der Waals surface area contributed by atoms with E-state index in [0.717, 1.165) is 24.8 Å². The summed E-state index contributed by atoms with van der Waals surface area (Å²) in [6, 6.07) is 7.44. The minimum Gasteiger partial charge on any atom is -0.480 e. The highest BCUT2D eigenvalue weighted by atomic mass is 16.5. The van der Waals surface area contributed by atoms with Crippen molar-refractivity contribution in [2.45, 2.75) is 71.1 Å². The Hall–Kier alpha value is -2.57. The van der Waals surface area contributed by atoms with E-state index in [2.05, 4.69) is 10.6 Å². The molecule has 0 radical (unpaired) electrons. The highest BCUT2D eigenvalue weighted by Gasteiger charge is 2.26. The first kappa shape index (κ1) is 22.5. The number of alkyl carbamates (subject to hydrolysis) is 1. The van der Waals surface area contributed by atoms with Crippen molar-refractivity contribution in [1.82, 2.24) is 10.6 Å². The standard InChI is InChI=1S/C20H30N2O5/c1-3-5-12-16(18(23)21-17(19(24)25)13-6-4-2)22-20(26)27-14-15-10-8-7-9-11-15/h7-11,16-17H,3-6,12-14H2,1-2H3,(H,21,23)(H,22,26)(H,24,25)/t16-,17+/m0/s1. The Balaban J connectivity index is 2.62. The van der Waals surface area contributed by atoms with Crippen molar-refractivity contribution in [3.63, 3.8) is 0 Å². The fourth-order valence-electron chi connectivity index (χ4n) is 2.52. The molecule has 0 spiro atoms. The van der Waals surface area contributed by atoms with Gasteiger partial charge in [0.25, 0.3) is 0 Å². The molecule has 0 unspecified atom stereocenters. The van der Waals surface area contributed by atoms with E-state index in [4.69, 9.17) is 4.74 Å². The van der Waals surface area contributed by atoms with Gasteiger partial charge in [-0.25, -0.2) is 9.59 Å². The number of ether oxygens (including phenoxy) is 1. The molecule has 0 heterocycles. The van der Waals surface area contributed by atoms with Gasteiger partial charge in [-0.1, -0.05) is 69.9 Å². The van der Waals surface area contributed by atoms with Crippen LogP contribution >= 0.6 is 0 Å². The molecule has 2 atom stereocenters. The van der Waals surface area contributed by atoms with E-state index in [1.54, 1.807) is 0 Å². The van der Waals surface area contributed by atoms with Crippen molar-refractivity contribution in [2.24, 2.45) is 0 Å². The monoisotopic (exact) mass is 378 g/mol. The predicted molar refractivity (Wildman–Crippen MR) is 102 cm³/mol. The van der Waals surface area contributed by atoms with Crippen LogP contribution in [0.1, 0.15) is 57.9 Å². The van der Waals surface area contributed by atoms with E-state index in [0.29, 0.717) is 19.3 Å². The average Bonchev–Trinajstić information content (AvgIpc) is 2.67. The molecule has 0 aliphatic carbocycles. The number of benzene rings is 1. The SMILES string of the molecule is CCCC[C@H](NC(=O)OCc1ccccc1)C(=O)N[C@H](CCCC)C(=O)O. The third kappa shape index (κ3) is 9.08. The summed E-state index contributed by atoms with van der Waals surface area (Å²) in [7, 11) is 0. The first-order chi connectivity index (χ1) is 13.0. The minimum absolute atomic E-state index is 0.100. The molecule has 1 aromatic rings. The summed E-state index contributed by atoms with van der Waals surface area (Å²) in [4.78, 5) is 35.9. The van der Waals surface area contributed by atoms with Gasteiger partial charge in [0.15, 0.2) is 0 Å². The van der Waals surface area contributed by atoms with Gasteiger partial charge >= 0.3 is 12.1 Å². The number of rotatable bonds is 12. The number of carboxylic acids is 1. The topological polar surface area (TPSA) is 105 Å². The van der Waals surface area contributed by atoms with E-state index in [1.807, 2.05) is 44.2 Å². The molecule has 2 amide bonds. The molecule has 0 bridgehead atoms. The fourth-order valence-corrected chi connectivity index (χ4v) is 2.52. The molecule has 0 aliphatic rings. The number of hydrogen-bond donors (Lipinski definition) is 3. The highest BCUT2D eigenvalue weighted by Crippen LogP contribution is 2.06. The lowest BCUT2D eigenvalue weighted by molar-refractivity contribution is -0.142. The molecule has 27 heavy (non-hydrogen) atoms. The Bertz CT molecular complexity index is 591. The number of nitrogens with one attached hydrogen (secondary N) is 2. The third-order valence-electron chi connectivity index (χ3n) is 4.13. The lowest BCUT2D eigenvalue weighted by Gasteiger charge is -2.21. The second-order valence-electron chi connectivity index (χ2n) is 6.44. The van der Waals surface area contributed by atoms with Gasteiger partial charge in [0.2, 0.25) is 5.91 Å². The van der Waals surface area contributed by atoms with Crippen molar-refractivity contribution >= 4 is 18.0 Å². The van der Waals surface area contributed by atoms with Crippen molar-refractivity contribution in [2.75, 3.05) is 0 Å². The second-order valence-corrected chi connectivity index (χ2v) is 6.44. The zero-order valence-electron chi connectivity index (χ0n) is 16.1. The summed E-state index contributed by atoms with van der Waals surface area (Å²) in [5.74, 6) is -1.57. The smallest absolute Gasteiger partial charge is 0.408 e. The van der Waals surface area contributed by atoms with Gasteiger partial charge in [-0.05, 0) is 18.4 Å². The van der Waals surface area contributed by atoms with Crippen molar-refractivity contribution in [1.29, 1.82) is 0 Å². The number of carbonyl (C=O) groups is 3. The molecule has 0 aromatic heterocycles. The van der Waals surface area contributed by atoms with E-state index in [-0.39, 0.29) is 6.61 Å². The highest BCUT2D eigenvalue weighted by molar-refractivity contribution is 5.89. The van der Waals surface area contributed by atoms with Crippen LogP contribution < -0.4 is 10.6 Å². The lowest BCUT2D eigenvalue weighted by Crippen LogP contribution is -2.51. The van der Waals surface area contributed by atoms with Crippen LogP contribution in [-0.2, 0) is 20.9 Å². The van der Waals surface area contributed by atoms with Gasteiger partial charge in [0, 0.05) is 0 Å². The predicted octanol–water partition coefficient (Wildman–Crippen LogP) is 3.23. The Morgan fingerprint density at radius 3 is 2.11 bits per heavy atom. The van der Waals surface area contributed by atoms with Crippen LogP contribution in [-0.4, -0.2) is 35.2 Å². The summed E-state index contributed by atoms with van der Waals surface area (Å²) < 4.78 is 5.16. The Labute approximate surface area is 160 Å². The second kappa shape index (κ2) is 12.7. The van der Waals surface area contributed by atoms with Gasteiger partial charge in [0.1, 0.15) is 18.7 Å². The molecular formula is C20H30N2O5. The van der Waals surface area contributed by atoms with Crippen LogP contribution in [0.2, 0.25) is 0 Å². The van der Waals surface area contributed by atoms with Crippen molar-refractivity contribution in [3.8, 4) is 0 Å². The summed E-state index contributed by atoms with van der Waals surface area (Å²) in [5, 5.41) is 14.4.